The molecule has 0 N–H and O–H groups in total. The highest BCUT2D eigenvalue weighted by molar-refractivity contribution is 7.80. The molecular formula is C30H33O3P. The summed E-state index contributed by atoms with van der Waals surface area (Å²) >= 11 is 0. The number of Topliss-reactive ketones (excluding diaryl/α,β-unsaturated/α-hetero) is 3. The van der Waals surface area contributed by atoms with E-state index in [0.717, 1.165) is 15.9 Å². The third-order valence-electron chi connectivity index (χ3n) is 5.80. The lowest BCUT2D eigenvalue weighted by atomic mass is 10.0. The zero-order valence-electron chi connectivity index (χ0n) is 20.8. The van der Waals surface area contributed by atoms with Gasteiger partial charge in [-0.05, 0) is 23.8 Å². The Morgan fingerprint density at radius 3 is 0.941 bits per heavy atom. The van der Waals surface area contributed by atoms with Gasteiger partial charge in [0.05, 0.1) is 0 Å². The van der Waals surface area contributed by atoms with Crippen LogP contribution < -0.4 is 15.9 Å². The monoisotopic (exact) mass is 472 g/mol. The first-order valence-electron chi connectivity index (χ1n) is 11.8. The van der Waals surface area contributed by atoms with Gasteiger partial charge < -0.3 is 0 Å². The van der Waals surface area contributed by atoms with Gasteiger partial charge in [-0.25, -0.2) is 0 Å². The number of hydrogen-bond acceptors (Lipinski definition) is 3. The summed E-state index contributed by atoms with van der Waals surface area (Å²) in [7, 11) is -1.34. The van der Waals surface area contributed by atoms with E-state index in [2.05, 4.69) is 0 Å². The highest BCUT2D eigenvalue weighted by atomic mass is 31.1. The van der Waals surface area contributed by atoms with E-state index in [0.29, 0.717) is 16.7 Å². The van der Waals surface area contributed by atoms with Crippen LogP contribution in [-0.4, -0.2) is 17.3 Å². The maximum Gasteiger partial charge on any atom is 0.166 e. The zero-order valence-corrected chi connectivity index (χ0v) is 21.7. The molecule has 0 aromatic heterocycles. The minimum absolute atomic E-state index is 0.0587. The molecule has 0 bridgehead atoms. The van der Waals surface area contributed by atoms with E-state index in [9.17, 15) is 14.4 Å². The molecule has 0 aliphatic carbocycles. The molecule has 0 spiro atoms. The van der Waals surface area contributed by atoms with Crippen molar-refractivity contribution in [2.45, 2.75) is 41.5 Å². The van der Waals surface area contributed by atoms with E-state index < -0.39 is 7.92 Å². The van der Waals surface area contributed by atoms with Crippen LogP contribution >= 0.6 is 7.92 Å². The fourth-order valence-electron chi connectivity index (χ4n) is 3.95. The van der Waals surface area contributed by atoms with E-state index in [-0.39, 0.29) is 35.1 Å². The molecule has 0 saturated carbocycles. The van der Waals surface area contributed by atoms with Crippen molar-refractivity contribution in [3.8, 4) is 0 Å². The average molecular weight is 473 g/mol. The largest absolute Gasteiger partial charge is 0.294 e. The van der Waals surface area contributed by atoms with E-state index in [4.69, 9.17) is 0 Å². The van der Waals surface area contributed by atoms with E-state index in [1.165, 1.54) is 0 Å². The Hall–Kier alpha value is -2.90. The average Bonchev–Trinajstić information content (AvgIpc) is 2.83. The Labute approximate surface area is 204 Å². The van der Waals surface area contributed by atoms with Crippen molar-refractivity contribution in [3.63, 3.8) is 0 Å². The summed E-state index contributed by atoms with van der Waals surface area (Å²) in [6.07, 6.45) is 0. The Bertz CT molecular complexity index is 1060. The first-order chi connectivity index (χ1) is 16.1. The topological polar surface area (TPSA) is 51.2 Å². The lowest BCUT2D eigenvalue weighted by molar-refractivity contribution is 0.0933. The van der Waals surface area contributed by atoms with Gasteiger partial charge in [0, 0.05) is 34.4 Å². The molecule has 3 aromatic rings. The molecule has 0 unspecified atom stereocenters. The van der Waals surface area contributed by atoms with Crippen LogP contribution in [0.15, 0.2) is 72.8 Å². The molecule has 0 aliphatic rings. The van der Waals surface area contributed by atoms with E-state index in [1.54, 1.807) is 0 Å². The second-order valence-corrected chi connectivity index (χ2v) is 11.6. The van der Waals surface area contributed by atoms with Gasteiger partial charge in [-0.3, -0.25) is 14.4 Å². The summed E-state index contributed by atoms with van der Waals surface area (Å²) in [6, 6.07) is 23.0. The van der Waals surface area contributed by atoms with Crippen LogP contribution in [-0.2, 0) is 0 Å². The van der Waals surface area contributed by atoms with E-state index >= 15 is 0 Å². The van der Waals surface area contributed by atoms with Gasteiger partial charge in [0.25, 0.3) is 0 Å². The molecular weight excluding hydrogens is 439 g/mol. The first kappa shape index (κ1) is 25.7. The third kappa shape index (κ3) is 5.26. The Kier molecular flexibility index (Phi) is 8.33. The second-order valence-electron chi connectivity index (χ2n) is 9.44. The predicted molar refractivity (Wildman–Crippen MR) is 143 cm³/mol. The van der Waals surface area contributed by atoms with Gasteiger partial charge in [0.2, 0.25) is 0 Å². The summed E-state index contributed by atoms with van der Waals surface area (Å²) in [4.78, 5) is 39.8. The van der Waals surface area contributed by atoms with Crippen molar-refractivity contribution in [2.75, 3.05) is 0 Å². The summed E-state index contributed by atoms with van der Waals surface area (Å²) in [5.74, 6) is -0.329. The normalized spacial score (nSPS) is 11.5. The van der Waals surface area contributed by atoms with Crippen LogP contribution in [0, 0.1) is 17.8 Å². The highest BCUT2D eigenvalue weighted by Crippen LogP contribution is 2.38. The molecule has 34 heavy (non-hydrogen) atoms. The smallest absolute Gasteiger partial charge is 0.166 e. The molecule has 0 fully saturated rings. The summed E-state index contributed by atoms with van der Waals surface area (Å²) < 4.78 is 0. The quantitative estimate of drug-likeness (QED) is 0.285. The Balaban J connectivity index is 2.41. The van der Waals surface area contributed by atoms with Gasteiger partial charge in [0.15, 0.2) is 17.3 Å². The lowest BCUT2D eigenvalue weighted by Crippen LogP contribution is -2.32. The van der Waals surface area contributed by atoms with Crippen LogP contribution in [0.25, 0.3) is 0 Å². The van der Waals surface area contributed by atoms with Crippen LogP contribution in [0.2, 0.25) is 0 Å². The van der Waals surface area contributed by atoms with Crippen LogP contribution in [0.1, 0.15) is 72.6 Å². The van der Waals surface area contributed by atoms with Gasteiger partial charge >= 0.3 is 0 Å². The van der Waals surface area contributed by atoms with Crippen molar-refractivity contribution in [2.24, 2.45) is 17.8 Å². The van der Waals surface area contributed by atoms with Crippen molar-refractivity contribution in [1.29, 1.82) is 0 Å². The molecule has 3 aromatic carbocycles. The first-order valence-corrected chi connectivity index (χ1v) is 13.2. The molecule has 176 valence electrons. The van der Waals surface area contributed by atoms with Crippen LogP contribution in [0.4, 0.5) is 0 Å². The minimum atomic E-state index is -1.34. The zero-order chi connectivity index (χ0) is 25.0. The molecule has 0 atom stereocenters. The third-order valence-corrected chi connectivity index (χ3v) is 8.42. The molecule has 0 heterocycles. The van der Waals surface area contributed by atoms with Gasteiger partial charge in [-0.1, -0.05) is 114 Å². The maximum absolute atomic E-state index is 13.3. The number of benzene rings is 3. The summed E-state index contributed by atoms with van der Waals surface area (Å²) in [5, 5.41) is 2.64. The van der Waals surface area contributed by atoms with Crippen molar-refractivity contribution in [1.82, 2.24) is 0 Å². The van der Waals surface area contributed by atoms with Crippen molar-refractivity contribution < 1.29 is 14.4 Å². The molecule has 4 heteroatoms. The minimum Gasteiger partial charge on any atom is -0.294 e. The number of carbonyl (C=O) groups is 3. The molecule has 3 rings (SSSR count). The molecule has 0 amide bonds. The predicted octanol–water partition coefficient (Wildman–Crippen LogP) is 5.96. The fraction of sp³-hybridized carbons (Fsp3) is 0.300. The van der Waals surface area contributed by atoms with Crippen LogP contribution in [0.3, 0.4) is 0 Å². The fourth-order valence-corrected chi connectivity index (χ4v) is 6.71. The second kappa shape index (κ2) is 11.0. The molecule has 0 saturated heterocycles. The summed E-state index contributed by atoms with van der Waals surface area (Å²) in [6.45, 7) is 11.4. The SMILES string of the molecule is CC(C)C(=O)c1ccccc1P(c1ccccc1C(=O)C(C)C)c1ccccc1C(=O)C(C)C. The highest BCUT2D eigenvalue weighted by Gasteiger charge is 2.30. The van der Waals surface area contributed by atoms with Crippen molar-refractivity contribution >= 4 is 41.2 Å². The lowest BCUT2D eigenvalue weighted by Gasteiger charge is -2.26. The number of ketones is 3. The molecule has 0 radical (unpaired) electrons. The Morgan fingerprint density at radius 2 is 0.706 bits per heavy atom. The maximum atomic E-state index is 13.3. The number of rotatable bonds is 9. The standard InChI is InChI=1S/C30H33O3P/c1-19(2)28(31)22-13-7-10-16-25(22)34(26-17-11-8-14-23(26)29(32)20(3)4)27-18-12-9-15-24(27)30(33)21(5)6/h7-21H,1-6H3. The number of carbonyl (C=O) groups excluding carboxylic acids is 3. The van der Waals surface area contributed by atoms with Gasteiger partial charge in [-0.15, -0.1) is 0 Å². The molecule has 0 aliphatic heterocycles. The Morgan fingerprint density at radius 1 is 0.471 bits per heavy atom. The number of hydrogen-bond donors (Lipinski definition) is 0. The summed E-state index contributed by atoms with van der Waals surface area (Å²) in [5.41, 5.74) is 1.96. The van der Waals surface area contributed by atoms with Gasteiger partial charge in [0.1, 0.15) is 0 Å². The van der Waals surface area contributed by atoms with Crippen molar-refractivity contribution in [3.05, 3.63) is 89.5 Å². The van der Waals surface area contributed by atoms with Gasteiger partial charge in [-0.2, -0.15) is 0 Å². The molecule has 3 nitrogen and oxygen atoms in total. The van der Waals surface area contributed by atoms with E-state index in [1.807, 2.05) is 114 Å². The van der Waals surface area contributed by atoms with Crippen LogP contribution in [0.5, 0.6) is 0 Å².